The molecule has 0 radical (unpaired) electrons. The second-order valence-electron chi connectivity index (χ2n) is 7.42. The first-order valence-corrected chi connectivity index (χ1v) is 10.1. The largest absolute Gasteiger partial charge is 0.423 e. The number of fused-ring (bicyclic) bond motifs is 1. The Morgan fingerprint density at radius 1 is 1.17 bits per heavy atom. The molecular formula is C22H22ClN3O3. The van der Waals surface area contributed by atoms with Gasteiger partial charge in [-0.1, -0.05) is 11.6 Å². The number of aromatic nitrogens is 1. The molecule has 4 rings (SSSR count). The fourth-order valence-corrected chi connectivity index (χ4v) is 3.86. The zero-order valence-corrected chi connectivity index (χ0v) is 16.9. The number of amides is 1. The number of benzene rings is 2. The van der Waals surface area contributed by atoms with Crippen molar-refractivity contribution < 1.29 is 14.0 Å². The minimum Gasteiger partial charge on any atom is -0.423 e. The topological polar surface area (TPSA) is 75.4 Å². The number of carbonyl (C=O) groups is 2. The normalized spacial score (nSPS) is 14.9. The molecule has 2 heterocycles. The molecule has 1 amide bonds. The van der Waals surface area contributed by atoms with Crippen molar-refractivity contribution in [1.82, 2.24) is 4.98 Å². The summed E-state index contributed by atoms with van der Waals surface area (Å²) in [5.74, 6) is 0.303. The molecule has 2 aromatic carbocycles. The van der Waals surface area contributed by atoms with Crippen LogP contribution in [0.2, 0.25) is 5.02 Å². The fourth-order valence-electron chi connectivity index (χ4n) is 3.69. The summed E-state index contributed by atoms with van der Waals surface area (Å²) < 4.78 is 5.55. The molecule has 29 heavy (non-hydrogen) atoms. The van der Waals surface area contributed by atoms with Crippen LogP contribution in [-0.4, -0.2) is 29.8 Å². The first-order valence-electron chi connectivity index (χ1n) is 9.70. The SMILES string of the molecule is CC(=O)c1ccc(N2CCC(CC(=O)Nc3nc4cc(Cl)ccc4o3)CC2)cc1. The number of oxazole rings is 1. The molecule has 1 aromatic heterocycles. The standard InChI is InChI=1S/C22H22ClN3O3/c1-14(27)16-2-5-18(6-3-16)26-10-8-15(9-11-26)12-21(28)25-22-24-19-13-17(23)4-7-20(19)29-22/h2-7,13,15H,8-12H2,1H3,(H,24,25,28). The predicted molar refractivity (Wildman–Crippen MR) is 114 cm³/mol. The number of hydrogen-bond acceptors (Lipinski definition) is 5. The van der Waals surface area contributed by atoms with Crippen LogP contribution >= 0.6 is 11.6 Å². The predicted octanol–water partition coefficient (Wildman–Crippen LogP) is 4.93. The maximum absolute atomic E-state index is 12.4. The lowest BCUT2D eigenvalue weighted by atomic mass is 9.93. The first kappa shape index (κ1) is 19.5. The molecule has 0 spiro atoms. The number of Topliss-reactive ketones (excluding diaryl/α,β-unsaturated/α-hetero) is 1. The molecule has 1 aliphatic rings. The third kappa shape index (κ3) is 4.59. The first-order chi connectivity index (χ1) is 14.0. The number of hydrogen-bond donors (Lipinski definition) is 1. The van der Waals surface area contributed by atoms with E-state index in [1.807, 2.05) is 24.3 Å². The van der Waals surface area contributed by atoms with E-state index in [0.717, 1.165) is 37.2 Å². The highest BCUT2D eigenvalue weighted by Crippen LogP contribution is 2.27. The third-order valence-corrected chi connectivity index (χ3v) is 5.56. The van der Waals surface area contributed by atoms with Gasteiger partial charge in [-0.25, -0.2) is 0 Å². The average Bonchev–Trinajstić information content (AvgIpc) is 3.09. The van der Waals surface area contributed by atoms with E-state index in [0.29, 0.717) is 28.5 Å². The molecule has 0 unspecified atom stereocenters. The van der Waals surface area contributed by atoms with E-state index in [1.54, 1.807) is 25.1 Å². The molecule has 1 saturated heterocycles. The van der Waals surface area contributed by atoms with Gasteiger partial charge >= 0.3 is 6.01 Å². The second-order valence-corrected chi connectivity index (χ2v) is 7.85. The van der Waals surface area contributed by atoms with Crippen molar-refractivity contribution in [2.75, 3.05) is 23.3 Å². The van der Waals surface area contributed by atoms with E-state index < -0.39 is 0 Å². The molecule has 1 aliphatic heterocycles. The summed E-state index contributed by atoms with van der Waals surface area (Å²) in [6.45, 7) is 3.35. The van der Waals surface area contributed by atoms with Gasteiger partial charge in [-0.15, -0.1) is 0 Å². The van der Waals surface area contributed by atoms with Crippen molar-refractivity contribution in [2.45, 2.75) is 26.2 Å². The minimum absolute atomic E-state index is 0.0725. The minimum atomic E-state index is -0.0908. The molecule has 3 aromatic rings. The molecule has 0 aliphatic carbocycles. The van der Waals surface area contributed by atoms with Gasteiger partial charge < -0.3 is 9.32 Å². The second kappa shape index (κ2) is 8.25. The van der Waals surface area contributed by atoms with Gasteiger partial charge in [-0.2, -0.15) is 4.98 Å². The molecule has 7 heteroatoms. The molecule has 0 saturated carbocycles. The van der Waals surface area contributed by atoms with E-state index >= 15 is 0 Å². The molecule has 1 N–H and O–H groups in total. The number of piperidine rings is 1. The van der Waals surface area contributed by atoms with Crippen LogP contribution in [0.5, 0.6) is 0 Å². The molecule has 0 bridgehead atoms. The lowest BCUT2D eigenvalue weighted by Crippen LogP contribution is -2.34. The Balaban J connectivity index is 1.29. The zero-order valence-electron chi connectivity index (χ0n) is 16.2. The maximum atomic E-state index is 12.4. The molecular weight excluding hydrogens is 390 g/mol. The molecule has 6 nitrogen and oxygen atoms in total. The number of carbonyl (C=O) groups excluding carboxylic acids is 2. The van der Waals surface area contributed by atoms with Crippen molar-refractivity contribution in [1.29, 1.82) is 0 Å². The zero-order chi connectivity index (χ0) is 20.4. The van der Waals surface area contributed by atoms with Gasteiger partial charge in [0.05, 0.1) is 0 Å². The van der Waals surface area contributed by atoms with E-state index in [4.69, 9.17) is 16.0 Å². The Hall–Kier alpha value is -2.86. The molecule has 1 fully saturated rings. The Bertz CT molecular complexity index is 1040. The van der Waals surface area contributed by atoms with Gasteiger partial charge in [-0.3, -0.25) is 14.9 Å². The van der Waals surface area contributed by atoms with Gasteiger partial charge in [0.25, 0.3) is 0 Å². The Labute approximate surface area is 173 Å². The fraction of sp³-hybridized carbons (Fsp3) is 0.318. The lowest BCUT2D eigenvalue weighted by Gasteiger charge is -2.33. The van der Waals surface area contributed by atoms with E-state index in [-0.39, 0.29) is 17.7 Å². The van der Waals surface area contributed by atoms with Crippen LogP contribution in [0.15, 0.2) is 46.9 Å². The monoisotopic (exact) mass is 411 g/mol. The number of nitrogens with one attached hydrogen (secondary N) is 1. The number of halogens is 1. The Kier molecular flexibility index (Phi) is 5.53. The summed E-state index contributed by atoms with van der Waals surface area (Å²) >= 11 is 5.95. The van der Waals surface area contributed by atoms with Crippen molar-refractivity contribution in [2.24, 2.45) is 5.92 Å². The van der Waals surface area contributed by atoms with E-state index in [1.165, 1.54) is 0 Å². The molecule has 150 valence electrons. The van der Waals surface area contributed by atoms with Crippen LogP contribution in [-0.2, 0) is 4.79 Å². The highest BCUT2D eigenvalue weighted by atomic mass is 35.5. The quantitative estimate of drug-likeness (QED) is 0.602. The van der Waals surface area contributed by atoms with Crippen LogP contribution in [0.4, 0.5) is 11.7 Å². The molecule has 0 atom stereocenters. The Morgan fingerprint density at radius 3 is 2.59 bits per heavy atom. The van der Waals surface area contributed by atoms with Crippen LogP contribution in [0.1, 0.15) is 36.5 Å². The summed E-state index contributed by atoms with van der Waals surface area (Å²) in [4.78, 5) is 30.4. The number of ketones is 1. The van der Waals surface area contributed by atoms with Crippen LogP contribution in [0.25, 0.3) is 11.1 Å². The summed E-state index contributed by atoms with van der Waals surface area (Å²) in [5.41, 5.74) is 3.05. The average molecular weight is 412 g/mol. The van der Waals surface area contributed by atoms with Crippen LogP contribution < -0.4 is 10.2 Å². The highest BCUT2D eigenvalue weighted by Gasteiger charge is 2.22. The van der Waals surface area contributed by atoms with Crippen molar-refractivity contribution in [3.63, 3.8) is 0 Å². The van der Waals surface area contributed by atoms with E-state index in [2.05, 4.69) is 15.2 Å². The number of rotatable bonds is 5. The van der Waals surface area contributed by atoms with Crippen molar-refractivity contribution in [3.8, 4) is 0 Å². The lowest BCUT2D eigenvalue weighted by molar-refractivity contribution is -0.117. The summed E-state index contributed by atoms with van der Waals surface area (Å²) in [5, 5.41) is 3.33. The van der Waals surface area contributed by atoms with Gasteiger partial charge in [0.15, 0.2) is 11.4 Å². The van der Waals surface area contributed by atoms with E-state index in [9.17, 15) is 9.59 Å². The van der Waals surface area contributed by atoms with Crippen LogP contribution in [0, 0.1) is 5.92 Å². The van der Waals surface area contributed by atoms with Gasteiger partial charge in [0, 0.05) is 35.8 Å². The van der Waals surface area contributed by atoms with Crippen molar-refractivity contribution in [3.05, 3.63) is 53.1 Å². The van der Waals surface area contributed by atoms with Gasteiger partial charge in [0.1, 0.15) is 5.52 Å². The smallest absolute Gasteiger partial charge is 0.302 e. The summed E-state index contributed by atoms with van der Waals surface area (Å²) in [6.07, 6.45) is 2.31. The van der Waals surface area contributed by atoms with Crippen molar-refractivity contribution >= 4 is 46.1 Å². The summed E-state index contributed by atoms with van der Waals surface area (Å²) in [7, 11) is 0. The van der Waals surface area contributed by atoms with Crippen LogP contribution in [0.3, 0.4) is 0 Å². The van der Waals surface area contributed by atoms with Gasteiger partial charge in [0.2, 0.25) is 5.91 Å². The highest BCUT2D eigenvalue weighted by molar-refractivity contribution is 6.31. The maximum Gasteiger partial charge on any atom is 0.302 e. The Morgan fingerprint density at radius 2 is 1.90 bits per heavy atom. The number of anilines is 2. The number of nitrogens with zero attached hydrogens (tertiary/aromatic N) is 2. The third-order valence-electron chi connectivity index (χ3n) is 5.32. The summed E-state index contributed by atoms with van der Waals surface area (Å²) in [6, 6.07) is 13.1. The van der Waals surface area contributed by atoms with Gasteiger partial charge in [-0.05, 0) is 68.1 Å².